The number of benzene rings is 4. The number of hydrogen-bond acceptors (Lipinski definition) is 10. The predicted octanol–water partition coefficient (Wildman–Crippen LogP) is 5.29. The Hall–Kier alpha value is -5.95. The molecule has 4 aromatic rings. The zero-order valence-electron chi connectivity index (χ0n) is 32.4. The highest BCUT2D eigenvalue weighted by atomic mass is 19.1. The SMILES string of the molecule is COc1cccc([C@@H]2COc3cc(O)ccc3[C@@H]2c2ccc(N3CCC(CN4CCN(c5cc6c(cc5F)C(=O)N(C5CCC(=O)NC5=O)C6=O)CC4)CC3)cc2)c1. The molecule has 58 heavy (non-hydrogen) atoms. The van der Waals surface area contributed by atoms with Gasteiger partial charge in [-0.1, -0.05) is 30.3 Å². The molecular formula is C45H46FN5O7. The average Bonchev–Trinajstić information content (AvgIpc) is 3.47. The maximum absolute atomic E-state index is 15.5. The van der Waals surface area contributed by atoms with Gasteiger partial charge in [-0.25, -0.2) is 4.39 Å². The minimum absolute atomic E-state index is 0.0233. The van der Waals surface area contributed by atoms with Crippen molar-refractivity contribution in [3.63, 3.8) is 0 Å². The molecule has 5 heterocycles. The van der Waals surface area contributed by atoms with Crippen molar-refractivity contribution in [3.8, 4) is 17.2 Å². The number of methoxy groups -OCH3 is 1. The summed E-state index contributed by atoms with van der Waals surface area (Å²) in [6, 6.07) is 23.9. The van der Waals surface area contributed by atoms with Crippen LogP contribution in [-0.2, 0) is 9.59 Å². The van der Waals surface area contributed by atoms with Crippen LogP contribution in [0.1, 0.15) is 74.9 Å². The molecule has 5 aliphatic rings. The summed E-state index contributed by atoms with van der Waals surface area (Å²) < 4.78 is 27.2. The van der Waals surface area contributed by atoms with Crippen molar-refractivity contribution in [1.29, 1.82) is 0 Å². The number of nitrogens with zero attached hydrogens (tertiary/aromatic N) is 4. The zero-order chi connectivity index (χ0) is 40.1. The summed E-state index contributed by atoms with van der Waals surface area (Å²) in [5.74, 6) is -0.715. The Kier molecular flexibility index (Phi) is 10.0. The molecule has 5 aliphatic heterocycles. The van der Waals surface area contributed by atoms with Crippen molar-refractivity contribution < 1.29 is 38.1 Å². The van der Waals surface area contributed by atoms with Crippen LogP contribution in [-0.4, -0.2) is 104 Å². The molecule has 13 heteroatoms. The van der Waals surface area contributed by atoms with E-state index in [9.17, 15) is 24.3 Å². The number of aromatic hydroxyl groups is 1. The molecule has 4 amide bonds. The molecule has 0 aliphatic carbocycles. The largest absolute Gasteiger partial charge is 0.508 e. The fraction of sp³-hybridized carbons (Fsp3) is 0.378. The van der Waals surface area contributed by atoms with Gasteiger partial charge in [0, 0.05) is 81.4 Å². The molecule has 0 saturated carbocycles. The third-order valence-corrected chi connectivity index (χ3v) is 12.6. The number of piperazine rings is 1. The number of hydrogen-bond donors (Lipinski definition) is 2. The van der Waals surface area contributed by atoms with E-state index in [1.165, 1.54) is 17.3 Å². The molecule has 4 aromatic carbocycles. The fourth-order valence-electron chi connectivity index (χ4n) is 9.49. The van der Waals surface area contributed by atoms with E-state index in [4.69, 9.17) is 9.47 Å². The Balaban J connectivity index is 0.804. The van der Waals surface area contributed by atoms with Gasteiger partial charge in [0.25, 0.3) is 11.8 Å². The van der Waals surface area contributed by atoms with Crippen LogP contribution in [0.4, 0.5) is 15.8 Å². The van der Waals surface area contributed by atoms with Crippen LogP contribution in [0, 0.1) is 11.7 Å². The molecule has 1 unspecified atom stereocenters. The van der Waals surface area contributed by atoms with E-state index in [-0.39, 0.29) is 47.2 Å². The summed E-state index contributed by atoms with van der Waals surface area (Å²) in [5, 5.41) is 12.4. The smallest absolute Gasteiger partial charge is 0.262 e. The summed E-state index contributed by atoms with van der Waals surface area (Å²) in [4.78, 5) is 58.2. The lowest BCUT2D eigenvalue weighted by atomic mass is 9.76. The van der Waals surface area contributed by atoms with E-state index < -0.39 is 35.5 Å². The van der Waals surface area contributed by atoms with Crippen molar-refractivity contribution in [1.82, 2.24) is 15.1 Å². The van der Waals surface area contributed by atoms with E-state index >= 15 is 4.39 Å². The molecule has 12 nitrogen and oxygen atoms in total. The number of amides is 4. The van der Waals surface area contributed by atoms with Gasteiger partial charge in [-0.15, -0.1) is 0 Å². The minimum Gasteiger partial charge on any atom is -0.508 e. The van der Waals surface area contributed by atoms with Crippen LogP contribution < -0.4 is 24.6 Å². The molecule has 3 saturated heterocycles. The third-order valence-electron chi connectivity index (χ3n) is 12.6. The van der Waals surface area contributed by atoms with Gasteiger partial charge in [-0.2, -0.15) is 0 Å². The lowest BCUT2D eigenvalue weighted by Crippen LogP contribution is -2.54. The molecule has 3 atom stereocenters. The lowest BCUT2D eigenvalue weighted by molar-refractivity contribution is -0.136. The Morgan fingerprint density at radius 3 is 2.28 bits per heavy atom. The molecule has 0 radical (unpaired) electrons. The highest BCUT2D eigenvalue weighted by Crippen LogP contribution is 2.47. The molecule has 0 bridgehead atoms. The first-order chi connectivity index (χ1) is 28.1. The number of carbonyl (C=O) groups excluding carboxylic acids is 4. The fourth-order valence-corrected chi connectivity index (χ4v) is 9.49. The summed E-state index contributed by atoms with van der Waals surface area (Å²) in [7, 11) is 1.68. The van der Waals surface area contributed by atoms with Crippen LogP contribution in [0.5, 0.6) is 17.2 Å². The number of phenols is 1. The van der Waals surface area contributed by atoms with Gasteiger partial charge in [-0.3, -0.25) is 34.3 Å². The second-order valence-electron chi connectivity index (χ2n) is 16.0. The first kappa shape index (κ1) is 37.6. The van der Waals surface area contributed by atoms with Crippen LogP contribution in [0.2, 0.25) is 0 Å². The highest BCUT2D eigenvalue weighted by molar-refractivity contribution is 6.23. The van der Waals surface area contributed by atoms with Crippen molar-refractivity contribution in [3.05, 3.63) is 112 Å². The number of anilines is 2. The van der Waals surface area contributed by atoms with E-state index in [2.05, 4.69) is 51.5 Å². The summed E-state index contributed by atoms with van der Waals surface area (Å²) in [6.07, 6.45) is 2.20. The van der Waals surface area contributed by atoms with E-state index in [0.29, 0.717) is 31.4 Å². The Bertz CT molecular complexity index is 2270. The molecule has 0 spiro atoms. The van der Waals surface area contributed by atoms with Crippen molar-refractivity contribution in [2.24, 2.45) is 5.92 Å². The molecule has 9 rings (SSSR count). The normalized spacial score (nSPS) is 22.7. The molecule has 0 aromatic heterocycles. The predicted molar refractivity (Wildman–Crippen MR) is 214 cm³/mol. The first-order valence-electron chi connectivity index (χ1n) is 20.1. The molecule has 300 valence electrons. The molecule has 2 N–H and O–H groups in total. The van der Waals surface area contributed by atoms with E-state index in [0.717, 1.165) is 73.4 Å². The zero-order valence-corrected chi connectivity index (χ0v) is 32.4. The van der Waals surface area contributed by atoms with Gasteiger partial charge in [0.15, 0.2) is 0 Å². The van der Waals surface area contributed by atoms with Crippen molar-refractivity contribution in [2.75, 3.05) is 69.3 Å². The number of halogens is 1. The number of nitrogens with one attached hydrogen (secondary N) is 1. The van der Waals surface area contributed by atoms with Gasteiger partial charge < -0.3 is 24.4 Å². The van der Waals surface area contributed by atoms with Gasteiger partial charge in [0.1, 0.15) is 29.1 Å². The standard InChI is InChI=1S/C45H46FN5O7/c1-57-32-4-2-3-29(21-32)36-26-58-40-22-31(52)9-10-33(40)42(36)28-5-7-30(8-6-28)49-15-13-27(14-16-49)25-48-17-19-50(20-18-48)39-24-35-34(23-37(39)46)44(55)51(45(35)56)38-11-12-41(53)47-43(38)54/h2-10,21-24,27,36,38,42,52H,11-20,25-26H2,1H3,(H,47,53,54)/t36-,38?,42-/m0/s1. The second kappa shape index (κ2) is 15.4. The Labute approximate surface area is 336 Å². The van der Waals surface area contributed by atoms with Gasteiger partial charge >= 0.3 is 0 Å². The van der Waals surface area contributed by atoms with Gasteiger partial charge in [0.05, 0.1) is 30.5 Å². The number of rotatable bonds is 8. The number of imide groups is 2. The molecular weight excluding hydrogens is 742 g/mol. The van der Waals surface area contributed by atoms with Crippen molar-refractivity contribution >= 4 is 35.0 Å². The topological polar surface area (TPSA) is 132 Å². The first-order valence-corrected chi connectivity index (χ1v) is 20.1. The number of fused-ring (bicyclic) bond motifs is 2. The monoisotopic (exact) mass is 787 g/mol. The number of piperidine rings is 2. The average molecular weight is 788 g/mol. The summed E-state index contributed by atoms with van der Waals surface area (Å²) >= 11 is 0. The molecule has 3 fully saturated rings. The van der Waals surface area contributed by atoms with Crippen LogP contribution in [0.15, 0.2) is 78.9 Å². The summed E-state index contributed by atoms with van der Waals surface area (Å²) in [6.45, 7) is 6.02. The second-order valence-corrected chi connectivity index (χ2v) is 16.0. The van der Waals surface area contributed by atoms with Crippen LogP contribution >= 0.6 is 0 Å². The minimum atomic E-state index is -1.09. The maximum Gasteiger partial charge on any atom is 0.262 e. The number of ether oxygens (including phenoxy) is 2. The van der Waals surface area contributed by atoms with Crippen LogP contribution in [0.3, 0.4) is 0 Å². The highest BCUT2D eigenvalue weighted by Gasteiger charge is 2.45. The van der Waals surface area contributed by atoms with Crippen LogP contribution in [0.25, 0.3) is 0 Å². The Morgan fingerprint density at radius 1 is 0.810 bits per heavy atom. The quantitative estimate of drug-likeness (QED) is 0.227. The van der Waals surface area contributed by atoms with Gasteiger partial charge in [0.2, 0.25) is 11.8 Å². The Morgan fingerprint density at radius 2 is 1.55 bits per heavy atom. The number of phenolic OH excluding ortho intramolecular Hbond substituents is 1. The third kappa shape index (κ3) is 7.01. The van der Waals surface area contributed by atoms with E-state index in [1.54, 1.807) is 19.2 Å². The maximum atomic E-state index is 15.5. The summed E-state index contributed by atoms with van der Waals surface area (Å²) in [5.41, 5.74) is 4.89. The lowest BCUT2D eigenvalue weighted by Gasteiger charge is -2.40. The number of carbonyl (C=O) groups is 4. The van der Waals surface area contributed by atoms with E-state index in [1.807, 2.05) is 23.1 Å². The van der Waals surface area contributed by atoms with Crippen molar-refractivity contribution in [2.45, 2.75) is 43.6 Å². The van der Waals surface area contributed by atoms with Gasteiger partial charge in [-0.05, 0) is 78.8 Å².